The van der Waals surface area contributed by atoms with Crippen molar-refractivity contribution in [3.63, 3.8) is 0 Å². The molecule has 0 spiro atoms. The number of anilines is 1. The van der Waals surface area contributed by atoms with Crippen LogP contribution in [0.2, 0.25) is 0 Å². The van der Waals surface area contributed by atoms with Crippen LogP contribution in [-0.4, -0.2) is 34.5 Å². The molecule has 3 rings (SSSR count). The number of aryl methyl sites for hydroxylation is 1. The maximum absolute atomic E-state index is 12.8. The molecular weight excluding hydrogens is 376 g/mol. The summed E-state index contributed by atoms with van der Waals surface area (Å²) in [5.41, 5.74) is -0.234. The van der Waals surface area contributed by atoms with Crippen LogP contribution in [-0.2, 0) is 7.05 Å². The van der Waals surface area contributed by atoms with Gasteiger partial charge in [0, 0.05) is 7.05 Å². The van der Waals surface area contributed by atoms with E-state index in [-0.39, 0.29) is 0 Å². The lowest BCUT2D eigenvalue weighted by molar-refractivity contribution is 0.101. The Balaban J connectivity index is 2.06. The summed E-state index contributed by atoms with van der Waals surface area (Å²) in [5, 5.41) is 6.64. The lowest BCUT2D eigenvalue weighted by atomic mass is 10.2. The van der Waals surface area contributed by atoms with Gasteiger partial charge in [0.1, 0.15) is 11.5 Å². The van der Waals surface area contributed by atoms with E-state index in [0.29, 0.717) is 22.9 Å². The molecule has 3 aromatic rings. The molecule has 1 heterocycles. The Hall–Kier alpha value is -3.88. The zero-order valence-electron chi connectivity index (χ0n) is 16.4. The Bertz CT molecular complexity index is 1180. The van der Waals surface area contributed by atoms with Gasteiger partial charge in [0.05, 0.1) is 25.6 Å². The highest BCUT2D eigenvalue weighted by atomic mass is 16.5. The third kappa shape index (κ3) is 3.88. The van der Waals surface area contributed by atoms with Crippen molar-refractivity contribution in [2.45, 2.75) is 6.92 Å². The number of hydrogen-bond donors (Lipinski definition) is 1. The van der Waals surface area contributed by atoms with Crippen molar-refractivity contribution in [2.24, 2.45) is 7.05 Å². The van der Waals surface area contributed by atoms with Crippen LogP contribution in [0, 0.1) is 6.92 Å². The van der Waals surface area contributed by atoms with Crippen molar-refractivity contribution in [1.82, 2.24) is 14.3 Å². The van der Waals surface area contributed by atoms with E-state index in [1.807, 2.05) is 13.0 Å². The molecule has 9 heteroatoms. The molecule has 9 nitrogen and oxygen atoms in total. The van der Waals surface area contributed by atoms with Gasteiger partial charge in [-0.25, -0.2) is 4.79 Å². The molecule has 0 fully saturated rings. The summed E-state index contributed by atoms with van der Waals surface area (Å²) in [4.78, 5) is 37.8. The SMILES string of the molecule is COc1ccc(-n2nc(C(=O)Nc3cc(C)ccc3OC)c(=O)n(C)c2=O)cc1. The van der Waals surface area contributed by atoms with Gasteiger partial charge in [-0.2, -0.15) is 9.78 Å². The molecule has 1 N–H and O–H groups in total. The summed E-state index contributed by atoms with van der Waals surface area (Å²) in [6.07, 6.45) is 0. The quantitative estimate of drug-likeness (QED) is 0.701. The van der Waals surface area contributed by atoms with Crippen LogP contribution in [0.15, 0.2) is 52.1 Å². The van der Waals surface area contributed by atoms with Crippen molar-refractivity contribution >= 4 is 11.6 Å². The van der Waals surface area contributed by atoms with E-state index < -0.39 is 22.9 Å². The summed E-state index contributed by atoms with van der Waals surface area (Å²) in [7, 11) is 4.28. The van der Waals surface area contributed by atoms with Crippen molar-refractivity contribution in [3.05, 3.63) is 74.6 Å². The van der Waals surface area contributed by atoms with Gasteiger partial charge >= 0.3 is 5.69 Å². The lowest BCUT2D eigenvalue weighted by Gasteiger charge is -2.12. The molecule has 0 aliphatic carbocycles. The highest BCUT2D eigenvalue weighted by Crippen LogP contribution is 2.25. The largest absolute Gasteiger partial charge is 0.497 e. The number of hydrogen-bond acceptors (Lipinski definition) is 6. The summed E-state index contributed by atoms with van der Waals surface area (Å²) in [5.74, 6) is 0.275. The molecule has 0 saturated carbocycles. The second kappa shape index (κ2) is 8.01. The Morgan fingerprint density at radius 3 is 2.34 bits per heavy atom. The van der Waals surface area contributed by atoms with E-state index in [9.17, 15) is 14.4 Å². The van der Waals surface area contributed by atoms with Gasteiger partial charge in [-0.3, -0.25) is 14.2 Å². The van der Waals surface area contributed by atoms with E-state index in [2.05, 4.69) is 10.4 Å². The molecule has 29 heavy (non-hydrogen) atoms. The number of benzene rings is 2. The fraction of sp³-hybridized carbons (Fsp3) is 0.200. The van der Waals surface area contributed by atoms with Crippen LogP contribution in [0.1, 0.15) is 16.1 Å². The van der Waals surface area contributed by atoms with Crippen LogP contribution in [0.5, 0.6) is 11.5 Å². The van der Waals surface area contributed by atoms with Crippen molar-refractivity contribution in [1.29, 1.82) is 0 Å². The van der Waals surface area contributed by atoms with E-state index in [4.69, 9.17) is 9.47 Å². The van der Waals surface area contributed by atoms with E-state index in [1.54, 1.807) is 36.4 Å². The van der Waals surface area contributed by atoms with Crippen molar-refractivity contribution in [3.8, 4) is 17.2 Å². The summed E-state index contributed by atoms with van der Waals surface area (Å²) in [6, 6.07) is 11.7. The fourth-order valence-electron chi connectivity index (χ4n) is 2.71. The number of amides is 1. The number of methoxy groups -OCH3 is 2. The first-order valence-electron chi connectivity index (χ1n) is 8.66. The molecule has 1 amide bonds. The number of carbonyl (C=O) groups excluding carboxylic acids is 1. The fourth-order valence-corrected chi connectivity index (χ4v) is 2.71. The number of aromatic nitrogens is 3. The first-order valence-corrected chi connectivity index (χ1v) is 8.66. The number of ether oxygens (including phenoxy) is 2. The number of nitrogens with one attached hydrogen (secondary N) is 1. The summed E-state index contributed by atoms with van der Waals surface area (Å²) < 4.78 is 12.2. The maximum atomic E-state index is 12.8. The van der Waals surface area contributed by atoms with Gasteiger partial charge in [-0.05, 0) is 48.9 Å². The highest BCUT2D eigenvalue weighted by molar-refractivity contribution is 6.03. The second-order valence-electron chi connectivity index (χ2n) is 6.26. The molecule has 0 atom stereocenters. The number of nitrogens with zero attached hydrogens (tertiary/aromatic N) is 3. The number of carbonyl (C=O) groups is 1. The van der Waals surface area contributed by atoms with Crippen LogP contribution >= 0.6 is 0 Å². The molecule has 0 radical (unpaired) electrons. The average molecular weight is 396 g/mol. The smallest absolute Gasteiger partial charge is 0.351 e. The highest BCUT2D eigenvalue weighted by Gasteiger charge is 2.20. The minimum absolute atomic E-state index is 0.383. The summed E-state index contributed by atoms with van der Waals surface area (Å²) in [6.45, 7) is 1.86. The monoisotopic (exact) mass is 396 g/mol. The van der Waals surface area contributed by atoms with Gasteiger partial charge in [-0.1, -0.05) is 6.07 Å². The van der Waals surface area contributed by atoms with Crippen LogP contribution < -0.4 is 26.0 Å². The van der Waals surface area contributed by atoms with Gasteiger partial charge < -0.3 is 14.8 Å². The molecule has 1 aromatic heterocycles. The molecule has 0 unspecified atom stereocenters. The normalized spacial score (nSPS) is 10.5. The third-order valence-electron chi connectivity index (χ3n) is 4.31. The predicted molar refractivity (Wildman–Crippen MR) is 107 cm³/mol. The standard InChI is InChI=1S/C20H20N4O5/c1-12-5-10-16(29-4)15(11-12)21-18(25)17-19(26)23(2)20(27)24(22-17)13-6-8-14(28-3)9-7-13/h5-11H,1-4H3,(H,21,25). The molecular formula is C20H20N4O5. The number of rotatable bonds is 5. The molecule has 0 bridgehead atoms. The van der Waals surface area contributed by atoms with Gasteiger partial charge in [0.25, 0.3) is 11.5 Å². The van der Waals surface area contributed by atoms with Crippen LogP contribution in [0.4, 0.5) is 5.69 Å². The van der Waals surface area contributed by atoms with Gasteiger partial charge in [0.2, 0.25) is 5.69 Å². The minimum atomic E-state index is -0.802. The van der Waals surface area contributed by atoms with Crippen molar-refractivity contribution in [2.75, 3.05) is 19.5 Å². The first-order chi connectivity index (χ1) is 13.8. The third-order valence-corrected chi connectivity index (χ3v) is 4.31. The molecule has 0 saturated heterocycles. The second-order valence-corrected chi connectivity index (χ2v) is 6.26. The van der Waals surface area contributed by atoms with E-state index in [0.717, 1.165) is 14.8 Å². The average Bonchev–Trinajstić information content (AvgIpc) is 2.72. The zero-order chi connectivity index (χ0) is 21.1. The van der Waals surface area contributed by atoms with Crippen LogP contribution in [0.3, 0.4) is 0 Å². The topological polar surface area (TPSA) is 104 Å². The summed E-state index contributed by atoms with van der Waals surface area (Å²) >= 11 is 0. The molecule has 2 aromatic carbocycles. The Kier molecular flexibility index (Phi) is 5.49. The Morgan fingerprint density at radius 1 is 1.03 bits per heavy atom. The molecule has 0 aliphatic rings. The van der Waals surface area contributed by atoms with Gasteiger partial charge in [-0.15, -0.1) is 0 Å². The van der Waals surface area contributed by atoms with E-state index in [1.165, 1.54) is 21.3 Å². The first kappa shape index (κ1) is 19.9. The Labute approximate surface area is 166 Å². The van der Waals surface area contributed by atoms with Gasteiger partial charge in [0.15, 0.2) is 0 Å². The predicted octanol–water partition coefficient (Wildman–Crippen LogP) is 1.51. The minimum Gasteiger partial charge on any atom is -0.497 e. The maximum Gasteiger partial charge on any atom is 0.351 e. The van der Waals surface area contributed by atoms with Crippen molar-refractivity contribution < 1.29 is 14.3 Å². The molecule has 150 valence electrons. The molecule has 0 aliphatic heterocycles. The van der Waals surface area contributed by atoms with Crippen LogP contribution in [0.25, 0.3) is 5.69 Å². The van der Waals surface area contributed by atoms with E-state index >= 15 is 0 Å². The Morgan fingerprint density at radius 2 is 1.72 bits per heavy atom. The lowest BCUT2D eigenvalue weighted by Crippen LogP contribution is -2.43. The zero-order valence-corrected chi connectivity index (χ0v) is 16.4.